The maximum atomic E-state index is 12.9. The van der Waals surface area contributed by atoms with Crippen molar-refractivity contribution in [3.8, 4) is 17.1 Å². The van der Waals surface area contributed by atoms with Gasteiger partial charge in [0.05, 0.1) is 12.0 Å². The number of nitrogens with zero attached hydrogens (tertiary/aromatic N) is 2. The molecule has 2 aromatic heterocycles. The number of nitrogens with one attached hydrogen (secondary N) is 2. The first-order chi connectivity index (χ1) is 14.6. The lowest BCUT2D eigenvalue weighted by Gasteiger charge is -2.09. The number of hydrogen-bond donors (Lipinski definition) is 3. The number of anilines is 1. The van der Waals surface area contributed by atoms with Crippen LogP contribution in [0.4, 0.5) is 10.5 Å². The molecule has 4 aromatic rings. The number of carbonyl (C=O) groups is 2. The summed E-state index contributed by atoms with van der Waals surface area (Å²) in [5, 5.41) is 9.95. The molecule has 0 fully saturated rings. The van der Waals surface area contributed by atoms with Gasteiger partial charge in [0, 0.05) is 18.3 Å². The van der Waals surface area contributed by atoms with Crippen molar-refractivity contribution in [3.63, 3.8) is 0 Å². The summed E-state index contributed by atoms with van der Waals surface area (Å²) in [7, 11) is 0. The van der Waals surface area contributed by atoms with Gasteiger partial charge >= 0.3 is 6.03 Å². The highest BCUT2D eigenvalue weighted by atomic mass is 16.3. The molecule has 0 atom stereocenters. The molecule has 0 saturated carbocycles. The minimum Gasteiger partial charge on any atom is -0.463 e. The first-order valence-corrected chi connectivity index (χ1v) is 9.23. The summed E-state index contributed by atoms with van der Waals surface area (Å²) < 4.78 is 7.02. The topological polar surface area (TPSA) is 115 Å². The van der Waals surface area contributed by atoms with Crippen LogP contribution >= 0.6 is 0 Å². The summed E-state index contributed by atoms with van der Waals surface area (Å²) in [4.78, 5) is 23.8. The highest BCUT2D eigenvalue weighted by Crippen LogP contribution is 2.22. The summed E-state index contributed by atoms with van der Waals surface area (Å²) in [6.07, 6.45) is 1.56. The molecule has 0 saturated heterocycles. The second kappa shape index (κ2) is 8.36. The van der Waals surface area contributed by atoms with E-state index in [0.717, 1.165) is 11.3 Å². The molecule has 0 radical (unpaired) electrons. The average molecular weight is 401 g/mol. The van der Waals surface area contributed by atoms with E-state index in [1.807, 2.05) is 30.3 Å². The number of benzene rings is 2. The Kier molecular flexibility index (Phi) is 5.29. The summed E-state index contributed by atoms with van der Waals surface area (Å²) in [6, 6.07) is 21.1. The molecule has 3 amide bonds. The number of primary amides is 1. The molecule has 0 unspecified atom stereocenters. The molecule has 8 nitrogen and oxygen atoms in total. The Morgan fingerprint density at radius 3 is 2.43 bits per heavy atom. The number of aromatic nitrogens is 2. The molecule has 0 aliphatic carbocycles. The number of urea groups is 1. The molecule has 8 heteroatoms. The summed E-state index contributed by atoms with van der Waals surface area (Å²) in [5.74, 6) is 0.305. The molecule has 0 bridgehead atoms. The number of amides is 3. The third-order valence-corrected chi connectivity index (χ3v) is 4.39. The Hall–Kier alpha value is -4.33. The molecule has 4 N–H and O–H groups in total. The Balaban J connectivity index is 1.55. The van der Waals surface area contributed by atoms with Gasteiger partial charge in [-0.1, -0.05) is 30.3 Å². The molecule has 2 heterocycles. The number of carbonyl (C=O) groups excluding carboxylic acids is 2. The normalized spacial score (nSPS) is 10.5. The summed E-state index contributed by atoms with van der Waals surface area (Å²) in [6.45, 7) is 0.311. The van der Waals surface area contributed by atoms with Crippen molar-refractivity contribution in [1.82, 2.24) is 15.1 Å². The Morgan fingerprint density at radius 2 is 1.77 bits per heavy atom. The van der Waals surface area contributed by atoms with Gasteiger partial charge in [-0.15, -0.1) is 0 Å². The zero-order chi connectivity index (χ0) is 20.9. The molecule has 0 aliphatic heterocycles. The molecule has 0 spiro atoms. The second-order valence-corrected chi connectivity index (χ2v) is 6.51. The highest BCUT2D eigenvalue weighted by molar-refractivity contribution is 5.94. The van der Waals surface area contributed by atoms with Crippen molar-refractivity contribution >= 4 is 17.6 Å². The first-order valence-electron chi connectivity index (χ1n) is 9.23. The van der Waals surface area contributed by atoms with Crippen LogP contribution in [0.1, 0.15) is 16.1 Å². The number of hydrogen-bond acceptors (Lipinski definition) is 4. The van der Waals surface area contributed by atoms with Crippen LogP contribution in [0.3, 0.4) is 0 Å². The molecule has 30 heavy (non-hydrogen) atoms. The van der Waals surface area contributed by atoms with Gasteiger partial charge in [-0.25, -0.2) is 9.48 Å². The Bertz CT molecular complexity index is 1150. The van der Waals surface area contributed by atoms with Crippen LogP contribution in [0.5, 0.6) is 0 Å². The fourth-order valence-electron chi connectivity index (χ4n) is 2.97. The highest BCUT2D eigenvalue weighted by Gasteiger charge is 2.18. The van der Waals surface area contributed by atoms with Crippen molar-refractivity contribution in [1.29, 1.82) is 0 Å². The van der Waals surface area contributed by atoms with E-state index in [2.05, 4.69) is 15.7 Å². The third-order valence-electron chi connectivity index (χ3n) is 4.39. The van der Waals surface area contributed by atoms with Gasteiger partial charge in [0.1, 0.15) is 11.4 Å². The van der Waals surface area contributed by atoms with Crippen LogP contribution in [-0.2, 0) is 6.54 Å². The minimum absolute atomic E-state index is 0.275. The lowest BCUT2D eigenvalue weighted by Crippen LogP contribution is -2.25. The van der Waals surface area contributed by atoms with Crippen molar-refractivity contribution in [2.24, 2.45) is 5.73 Å². The quantitative estimate of drug-likeness (QED) is 0.458. The van der Waals surface area contributed by atoms with Gasteiger partial charge in [-0.05, 0) is 42.0 Å². The molecule has 0 aliphatic rings. The largest absolute Gasteiger partial charge is 0.463 e. The van der Waals surface area contributed by atoms with Crippen LogP contribution in [0.15, 0.2) is 83.5 Å². The maximum absolute atomic E-state index is 12.9. The maximum Gasteiger partial charge on any atom is 0.316 e. The zero-order valence-corrected chi connectivity index (χ0v) is 15.9. The monoisotopic (exact) mass is 401 g/mol. The number of para-hydroxylation sites is 1. The zero-order valence-electron chi connectivity index (χ0n) is 15.9. The SMILES string of the molecule is NC(=O)Nc1ccc(CNC(=O)c2cc(-c3ccco3)nn2-c2ccccc2)cc1. The predicted molar refractivity (Wildman–Crippen MR) is 112 cm³/mol. The van der Waals surface area contributed by atoms with Crippen molar-refractivity contribution in [2.75, 3.05) is 5.32 Å². The molecule has 4 rings (SSSR count). The minimum atomic E-state index is -0.627. The fraction of sp³-hybridized carbons (Fsp3) is 0.0455. The van der Waals surface area contributed by atoms with Crippen LogP contribution < -0.4 is 16.4 Å². The van der Waals surface area contributed by atoms with Gasteiger partial charge in [-0.3, -0.25) is 4.79 Å². The van der Waals surface area contributed by atoms with Crippen molar-refractivity contribution < 1.29 is 14.0 Å². The molecule has 2 aromatic carbocycles. The smallest absolute Gasteiger partial charge is 0.316 e. The van der Waals surface area contributed by atoms with Crippen LogP contribution in [0, 0.1) is 0 Å². The summed E-state index contributed by atoms with van der Waals surface area (Å²) >= 11 is 0. The number of nitrogens with two attached hydrogens (primary N) is 1. The van der Waals surface area contributed by atoms with E-state index in [0.29, 0.717) is 29.4 Å². The lowest BCUT2D eigenvalue weighted by molar-refractivity contribution is 0.0943. The van der Waals surface area contributed by atoms with E-state index in [1.165, 1.54) is 0 Å². The molecular weight excluding hydrogens is 382 g/mol. The van der Waals surface area contributed by atoms with E-state index >= 15 is 0 Å². The lowest BCUT2D eigenvalue weighted by atomic mass is 10.2. The van der Waals surface area contributed by atoms with Gasteiger partial charge in [-0.2, -0.15) is 5.10 Å². The van der Waals surface area contributed by atoms with E-state index in [-0.39, 0.29) is 5.91 Å². The van der Waals surface area contributed by atoms with Gasteiger partial charge in [0.25, 0.3) is 5.91 Å². The van der Waals surface area contributed by atoms with E-state index < -0.39 is 6.03 Å². The Morgan fingerprint density at radius 1 is 1.00 bits per heavy atom. The predicted octanol–water partition coefficient (Wildman–Crippen LogP) is 3.55. The summed E-state index contributed by atoms with van der Waals surface area (Å²) in [5.41, 5.74) is 8.28. The van der Waals surface area contributed by atoms with Crippen LogP contribution in [-0.4, -0.2) is 21.7 Å². The van der Waals surface area contributed by atoms with Crippen LogP contribution in [0.25, 0.3) is 17.1 Å². The fourth-order valence-corrected chi connectivity index (χ4v) is 2.97. The van der Waals surface area contributed by atoms with Gasteiger partial charge in [0.15, 0.2) is 5.76 Å². The standard InChI is InChI=1S/C22H19N5O3/c23-22(29)25-16-10-8-15(9-11-16)14-24-21(28)19-13-18(20-7-4-12-30-20)26-27(19)17-5-2-1-3-6-17/h1-13H,14H2,(H,24,28)(H3,23,25,29). The van der Waals surface area contributed by atoms with Crippen LogP contribution in [0.2, 0.25) is 0 Å². The Labute approximate surface area is 172 Å². The number of rotatable bonds is 6. The second-order valence-electron chi connectivity index (χ2n) is 6.51. The molecular formula is C22H19N5O3. The van der Waals surface area contributed by atoms with E-state index in [1.54, 1.807) is 53.4 Å². The van der Waals surface area contributed by atoms with Crippen molar-refractivity contribution in [2.45, 2.75) is 6.54 Å². The number of furan rings is 1. The van der Waals surface area contributed by atoms with E-state index in [4.69, 9.17) is 10.2 Å². The average Bonchev–Trinajstić information content (AvgIpc) is 3.43. The third kappa shape index (κ3) is 4.22. The van der Waals surface area contributed by atoms with Gasteiger partial charge < -0.3 is 20.8 Å². The van der Waals surface area contributed by atoms with Crippen molar-refractivity contribution in [3.05, 3.63) is 90.3 Å². The first kappa shape index (κ1) is 19.0. The van der Waals surface area contributed by atoms with Gasteiger partial charge in [0.2, 0.25) is 0 Å². The molecule has 150 valence electrons. The van der Waals surface area contributed by atoms with E-state index in [9.17, 15) is 9.59 Å².